The van der Waals surface area contributed by atoms with Gasteiger partial charge in [0, 0.05) is 37.0 Å². The van der Waals surface area contributed by atoms with Crippen LogP contribution >= 0.6 is 0 Å². The molecule has 1 aliphatic heterocycles. The normalized spacial score (nSPS) is 19.1. The Morgan fingerprint density at radius 2 is 1.82 bits per heavy atom. The zero-order valence-electron chi connectivity index (χ0n) is 11.7. The van der Waals surface area contributed by atoms with Crippen molar-refractivity contribution < 1.29 is 17.9 Å². The smallest absolute Gasteiger partial charge is 0.191 e. The van der Waals surface area contributed by atoms with Crippen LogP contribution in [0, 0.1) is 23.4 Å². The highest BCUT2D eigenvalue weighted by molar-refractivity contribution is 5.29. The van der Waals surface area contributed by atoms with Crippen LogP contribution in [0.15, 0.2) is 36.7 Å². The maximum absolute atomic E-state index is 13.8. The standard InChI is InChI=1S/C16H15F3N2O/c17-12-7-13(18)16(14(19)8-12)22-15(11-3-6-21-9-11)10-1-4-20-5-2-10/h1-2,4-5,7-8,11,15,21H,3,6,9H2/t11-,15-/m0/s1. The minimum atomic E-state index is -1.04. The molecule has 116 valence electrons. The zero-order valence-corrected chi connectivity index (χ0v) is 11.7. The van der Waals surface area contributed by atoms with Gasteiger partial charge in [0.1, 0.15) is 11.9 Å². The number of halogens is 3. The van der Waals surface area contributed by atoms with Gasteiger partial charge in [-0.15, -0.1) is 0 Å². The van der Waals surface area contributed by atoms with Gasteiger partial charge in [-0.1, -0.05) is 0 Å². The summed E-state index contributed by atoms with van der Waals surface area (Å²) < 4.78 is 46.3. The average Bonchev–Trinajstić information content (AvgIpc) is 3.01. The van der Waals surface area contributed by atoms with E-state index in [2.05, 4.69) is 10.3 Å². The van der Waals surface area contributed by atoms with Gasteiger partial charge >= 0.3 is 0 Å². The summed E-state index contributed by atoms with van der Waals surface area (Å²) in [5.74, 6) is -3.52. The maximum atomic E-state index is 13.8. The first-order valence-corrected chi connectivity index (χ1v) is 7.07. The number of hydrogen-bond donors (Lipinski definition) is 1. The van der Waals surface area contributed by atoms with Crippen LogP contribution in [0.3, 0.4) is 0 Å². The van der Waals surface area contributed by atoms with Crippen LogP contribution in [0.2, 0.25) is 0 Å². The molecular weight excluding hydrogens is 293 g/mol. The Balaban J connectivity index is 1.94. The van der Waals surface area contributed by atoms with Crippen molar-refractivity contribution in [1.82, 2.24) is 10.3 Å². The molecule has 3 rings (SSSR count). The number of hydrogen-bond acceptors (Lipinski definition) is 3. The lowest BCUT2D eigenvalue weighted by Crippen LogP contribution is -2.22. The molecule has 2 atom stereocenters. The van der Waals surface area contributed by atoms with Crippen molar-refractivity contribution in [2.75, 3.05) is 13.1 Å². The molecule has 1 saturated heterocycles. The first kappa shape index (κ1) is 14.8. The van der Waals surface area contributed by atoms with E-state index in [4.69, 9.17) is 4.74 Å². The van der Waals surface area contributed by atoms with Crippen LogP contribution in [0.4, 0.5) is 13.2 Å². The van der Waals surface area contributed by atoms with Crippen LogP contribution in [-0.2, 0) is 0 Å². The molecule has 0 amide bonds. The van der Waals surface area contributed by atoms with E-state index in [1.54, 1.807) is 24.5 Å². The molecule has 2 aromatic rings. The van der Waals surface area contributed by atoms with Gasteiger partial charge < -0.3 is 10.1 Å². The number of rotatable bonds is 4. The SMILES string of the molecule is Fc1cc(F)c(O[C@@H](c2ccncc2)[C@H]2CCNC2)c(F)c1. The average molecular weight is 308 g/mol. The summed E-state index contributed by atoms with van der Waals surface area (Å²) in [5, 5.41) is 3.20. The number of benzene rings is 1. The summed E-state index contributed by atoms with van der Waals surface area (Å²) in [5.41, 5.74) is 0.784. The summed E-state index contributed by atoms with van der Waals surface area (Å²) in [4.78, 5) is 3.94. The van der Waals surface area contributed by atoms with Gasteiger partial charge in [0.2, 0.25) is 0 Å². The number of nitrogens with zero attached hydrogens (tertiary/aromatic N) is 1. The van der Waals surface area contributed by atoms with Crippen LogP contribution in [-0.4, -0.2) is 18.1 Å². The molecule has 0 spiro atoms. The van der Waals surface area contributed by atoms with Crippen molar-refractivity contribution in [2.24, 2.45) is 5.92 Å². The lowest BCUT2D eigenvalue weighted by atomic mass is 9.95. The first-order valence-electron chi connectivity index (χ1n) is 7.07. The summed E-state index contributed by atoms with van der Waals surface area (Å²) in [6.07, 6.45) is 3.52. The highest BCUT2D eigenvalue weighted by Gasteiger charge is 2.30. The molecule has 1 N–H and O–H groups in total. The van der Waals surface area contributed by atoms with E-state index < -0.39 is 29.3 Å². The number of nitrogens with one attached hydrogen (secondary N) is 1. The van der Waals surface area contributed by atoms with Crippen molar-refractivity contribution in [2.45, 2.75) is 12.5 Å². The lowest BCUT2D eigenvalue weighted by Gasteiger charge is -2.25. The third-order valence-electron chi connectivity index (χ3n) is 3.77. The van der Waals surface area contributed by atoms with Gasteiger partial charge in [-0.3, -0.25) is 4.98 Å². The van der Waals surface area contributed by atoms with E-state index in [1.165, 1.54) is 0 Å². The van der Waals surface area contributed by atoms with Crippen molar-refractivity contribution in [3.05, 3.63) is 59.7 Å². The predicted octanol–water partition coefficient (Wildman–Crippen LogP) is 3.23. The van der Waals surface area contributed by atoms with E-state index in [0.717, 1.165) is 18.5 Å². The summed E-state index contributed by atoms with van der Waals surface area (Å²) in [7, 11) is 0. The zero-order chi connectivity index (χ0) is 15.5. The van der Waals surface area contributed by atoms with Crippen molar-refractivity contribution in [3.8, 4) is 5.75 Å². The topological polar surface area (TPSA) is 34.1 Å². The maximum Gasteiger partial charge on any atom is 0.191 e. The summed E-state index contributed by atoms with van der Waals surface area (Å²) in [6, 6.07) is 4.74. The molecule has 6 heteroatoms. The molecule has 1 fully saturated rings. The molecule has 22 heavy (non-hydrogen) atoms. The fourth-order valence-corrected chi connectivity index (χ4v) is 2.69. The Labute approximate surface area is 126 Å². The third-order valence-corrected chi connectivity index (χ3v) is 3.77. The van der Waals surface area contributed by atoms with Crippen LogP contribution in [0.25, 0.3) is 0 Å². The van der Waals surface area contributed by atoms with Crippen LogP contribution in [0.5, 0.6) is 5.75 Å². The number of aromatic nitrogens is 1. The molecule has 0 saturated carbocycles. The van der Waals surface area contributed by atoms with Gasteiger partial charge in [0.25, 0.3) is 0 Å². The molecule has 0 aliphatic carbocycles. The van der Waals surface area contributed by atoms with E-state index >= 15 is 0 Å². The molecule has 2 heterocycles. The highest BCUT2D eigenvalue weighted by Crippen LogP contribution is 2.34. The van der Waals surface area contributed by atoms with Gasteiger partial charge in [0.05, 0.1) is 0 Å². The molecule has 0 unspecified atom stereocenters. The second kappa shape index (κ2) is 6.36. The monoisotopic (exact) mass is 308 g/mol. The van der Waals surface area contributed by atoms with Crippen molar-refractivity contribution in [1.29, 1.82) is 0 Å². The fraction of sp³-hybridized carbons (Fsp3) is 0.312. The number of ether oxygens (including phenoxy) is 1. The summed E-state index contributed by atoms with van der Waals surface area (Å²) >= 11 is 0. The predicted molar refractivity (Wildman–Crippen MR) is 74.9 cm³/mol. The second-order valence-corrected chi connectivity index (χ2v) is 5.27. The van der Waals surface area contributed by atoms with Gasteiger partial charge in [-0.05, 0) is 30.7 Å². The highest BCUT2D eigenvalue weighted by atomic mass is 19.1. The minimum Gasteiger partial charge on any atom is -0.479 e. The molecule has 0 radical (unpaired) electrons. The van der Waals surface area contributed by atoms with Crippen molar-refractivity contribution >= 4 is 0 Å². The Hall–Kier alpha value is -2.08. The fourth-order valence-electron chi connectivity index (χ4n) is 2.69. The van der Waals surface area contributed by atoms with E-state index in [0.29, 0.717) is 18.7 Å². The van der Waals surface area contributed by atoms with Crippen molar-refractivity contribution in [3.63, 3.8) is 0 Å². The minimum absolute atomic E-state index is 0.0752. The van der Waals surface area contributed by atoms with Gasteiger partial charge in [-0.25, -0.2) is 13.2 Å². The van der Waals surface area contributed by atoms with Crippen LogP contribution < -0.4 is 10.1 Å². The second-order valence-electron chi connectivity index (χ2n) is 5.27. The lowest BCUT2D eigenvalue weighted by molar-refractivity contribution is 0.131. The number of pyridine rings is 1. The largest absolute Gasteiger partial charge is 0.479 e. The van der Waals surface area contributed by atoms with E-state index in [9.17, 15) is 13.2 Å². The molecule has 1 aromatic carbocycles. The quantitative estimate of drug-likeness (QED) is 0.941. The third kappa shape index (κ3) is 3.06. The molecule has 3 nitrogen and oxygen atoms in total. The van der Waals surface area contributed by atoms with Gasteiger partial charge in [0.15, 0.2) is 17.4 Å². The Bertz CT molecular complexity index is 622. The van der Waals surface area contributed by atoms with E-state index in [1.807, 2.05) is 0 Å². The molecule has 0 bridgehead atoms. The Kier molecular flexibility index (Phi) is 4.29. The van der Waals surface area contributed by atoms with Gasteiger partial charge in [-0.2, -0.15) is 0 Å². The van der Waals surface area contributed by atoms with Crippen LogP contribution in [0.1, 0.15) is 18.1 Å². The molecular formula is C16H15F3N2O. The molecule has 1 aromatic heterocycles. The summed E-state index contributed by atoms with van der Waals surface area (Å²) in [6.45, 7) is 1.52. The Morgan fingerprint density at radius 1 is 1.14 bits per heavy atom. The Morgan fingerprint density at radius 3 is 2.41 bits per heavy atom. The van der Waals surface area contributed by atoms with E-state index in [-0.39, 0.29) is 5.92 Å². The first-order chi connectivity index (χ1) is 10.6. The molecule has 1 aliphatic rings.